The molecule has 6 nitrogen and oxygen atoms in total. The van der Waals surface area contributed by atoms with Crippen LogP contribution in [0.2, 0.25) is 0 Å². The monoisotopic (exact) mass is 346 g/mol. The fraction of sp³-hybridized carbons (Fsp3) is 0.500. The minimum atomic E-state index is -0.877. The van der Waals surface area contributed by atoms with E-state index in [1.54, 1.807) is 24.3 Å². The molecule has 3 heterocycles. The molecule has 0 aliphatic carbocycles. The molecule has 0 radical (unpaired) electrons. The lowest BCUT2D eigenvalue weighted by atomic mass is 10.1. The fourth-order valence-electron chi connectivity index (χ4n) is 3.23. The van der Waals surface area contributed by atoms with E-state index in [1.165, 1.54) is 0 Å². The van der Waals surface area contributed by atoms with Gasteiger partial charge in [-0.2, -0.15) is 0 Å². The molecule has 2 aromatic rings. The van der Waals surface area contributed by atoms with Crippen LogP contribution in [-0.4, -0.2) is 58.2 Å². The van der Waals surface area contributed by atoms with Gasteiger partial charge in [-0.1, -0.05) is 5.16 Å². The third-order valence-corrected chi connectivity index (χ3v) is 4.53. The molecule has 0 saturated carbocycles. The van der Waals surface area contributed by atoms with E-state index in [1.807, 2.05) is 30.0 Å². The first kappa shape index (κ1) is 17.5. The van der Waals surface area contributed by atoms with E-state index in [0.717, 1.165) is 17.0 Å². The molecule has 7 heteroatoms. The molecule has 2 aromatic heterocycles. The maximum Gasteiger partial charge on any atom is 0.226 e. The third-order valence-electron chi connectivity index (χ3n) is 4.53. The Labute approximate surface area is 146 Å². The number of amides is 1. The molecule has 0 unspecified atom stereocenters. The number of likely N-dealkylation sites (tertiary alicyclic amines) is 1. The summed E-state index contributed by atoms with van der Waals surface area (Å²) in [6.07, 6.45) is 3.23. The van der Waals surface area contributed by atoms with Gasteiger partial charge < -0.3 is 9.42 Å². The van der Waals surface area contributed by atoms with Gasteiger partial charge in [-0.05, 0) is 31.0 Å². The van der Waals surface area contributed by atoms with Gasteiger partial charge in [0.1, 0.15) is 6.17 Å². The molecule has 134 valence electrons. The van der Waals surface area contributed by atoms with Crippen LogP contribution in [0.15, 0.2) is 35.1 Å². The molecule has 1 aliphatic heterocycles. The van der Waals surface area contributed by atoms with E-state index in [-0.39, 0.29) is 11.9 Å². The number of alkyl halides is 1. The maximum absolute atomic E-state index is 13.9. The van der Waals surface area contributed by atoms with Gasteiger partial charge in [0.15, 0.2) is 5.76 Å². The second-order valence-electron chi connectivity index (χ2n) is 6.66. The van der Waals surface area contributed by atoms with Gasteiger partial charge in [0.25, 0.3) is 0 Å². The molecule has 1 aliphatic rings. The molecule has 3 rings (SSSR count). The lowest BCUT2D eigenvalue weighted by Crippen LogP contribution is -2.41. The van der Waals surface area contributed by atoms with Crippen molar-refractivity contribution in [3.63, 3.8) is 0 Å². The van der Waals surface area contributed by atoms with Crippen LogP contribution >= 0.6 is 0 Å². The Balaban J connectivity index is 1.58. The summed E-state index contributed by atoms with van der Waals surface area (Å²) in [6, 6.07) is 5.50. The van der Waals surface area contributed by atoms with Crippen molar-refractivity contribution in [1.29, 1.82) is 0 Å². The van der Waals surface area contributed by atoms with Crippen LogP contribution < -0.4 is 0 Å². The predicted molar refractivity (Wildman–Crippen MR) is 90.5 cm³/mol. The number of nitrogens with zero attached hydrogens (tertiary/aromatic N) is 4. The summed E-state index contributed by atoms with van der Waals surface area (Å²) in [7, 11) is 1.77. The zero-order valence-electron chi connectivity index (χ0n) is 14.6. The second kappa shape index (κ2) is 7.74. The Hall–Kier alpha value is -2.28. The van der Waals surface area contributed by atoms with Crippen LogP contribution in [0, 0.1) is 6.92 Å². The van der Waals surface area contributed by atoms with Crippen molar-refractivity contribution in [2.75, 3.05) is 20.1 Å². The highest BCUT2D eigenvalue weighted by Gasteiger charge is 2.34. The van der Waals surface area contributed by atoms with E-state index >= 15 is 0 Å². The minimum absolute atomic E-state index is 0.0176. The molecular formula is C18H23FN4O2. The summed E-state index contributed by atoms with van der Waals surface area (Å²) in [4.78, 5) is 20.1. The van der Waals surface area contributed by atoms with Crippen LogP contribution in [-0.2, 0) is 17.8 Å². The third kappa shape index (κ3) is 4.63. The molecule has 25 heavy (non-hydrogen) atoms. The van der Waals surface area contributed by atoms with Gasteiger partial charge >= 0.3 is 0 Å². The largest absolute Gasteiger partial charge is 0.360 e. The lowest BCUT2D eigenvalue weighted by Gasteiger charge is -2.27. The SMILES string of the molecule is Cc1cc(CN2C[C@@H](F)C[C@H]2CN(C)C(=O)Cc2ccncc2)on1. The minimum Gasteiger partial charge on any atom is -0.360 e. The van der Waals surface area contributed by atoms with Crippen molar-refractivity contribution in [1.82, 2.24) is 19.9 Å². The standard InChI is InChI=1S/C18H23FN4O2/c1-13-7-17(25-21-13)12-23-10-15(19)9-16(23)11-22(2)18(24)8-14-3-5-20-6-4-14/h3-7,15-16H,8-12H2,1-2H3/t15-,16-/m0/s1. The Bertz CT molecular complexity index is 706. The van der Waals surface area contributed by atoms with Gasteiger partial charge in [-0.15, -0.1) is 0 Å². The molecule has 1 amide bonds. The number of hydrogen-bond acceptors (Lipinski definition) is 5. The first-order chi connectivity index (χ1) is 12.0. The topological polar surface area (TPSA) is 62.5 Å². The predicted octanol–water partition coefficient (Wildman–Crippen LogP) is 1.99. The molecule has 1 fully saturated rings. The van der Waals surface area contributed by atoms with Crippen molar-refractivity contribution in [2.45, 2.75) is 38.5 Å². The zero-order chi connectivity index (χ0) is 17.8. The number of hydrogen-bond donors (Lipinski definition) is 0. The van der Waals surface area contributed by atoms with E-state index < -0.39 is 6.17 Å². The average molecular weight is 346 g/mol. The molecule has 0 N–H and O–H groups in total. The molecule has 2 atom stereocenters. The molecule has 0 bridgehead atoms. The van der Waals surface area contributed by atoms with E-state index in [4.69, 9.17) is 4.52 Å². The van der Waals surface area contributed by atoms with Crippen molar-refractivity contribution in [3.05, 3.63) is 47.6 Å². The smallest absolute Gasteiger partial charge is 0.226 e. The number of carbonyl (C=O) groups is 1. The highest BCUT2D eigenvalue weighted by Crippen LogP contribution is 2.23. The number of carbonyl (C=O) groups excluding carboxylic acids is 1. The van der Waals surface area contributed by atoms with E-state index in [2.05, 4.69) is 10.1 Å². The number of aromatic nitrogens is 2. The maximum atomic E-state index is 13.9. The molecule has 0 spiro atoms. The van der Waals surface area contributed by atoms with Gasteiger partial charge in [0.05, 0.1) is 18.7 Å². The van der Waals surface area contributed by atoms with E-state index in [9.17, 15) is 9.18 Å². The summed E-state index contributed by atoms with van der Waals surface area (Å²) in [6.45, 7) is 3.23. The van der Waals surface area contributed by atoms with Crippen LogP contribution in [0.4, 0.5) is 4.39 Å². The molecule has 0 aromatic carbocycles. The number of aryl methyl sites for hydroxylation is 1. The van der Waals surface area contributed by atoms with Crippen LogP contribution in [0.3, 0.4) is 0 Å². The van der Waals surface area contributed by atoms with Gasteiger partial charge in [0, 0.05) is 44.6 Å². The molecular weight excluding hydrogens is 323 g/mol. The Morgan fingerprint density at radius 2 is 2.20 bits per heavy atom. The summed E-state index contributed by atoms with van der Waals surface area (Å²) in [5, 5.41) is 3.87. The highest BCUT2D eigenvalue weighted by molar-refractivity contribution is 5.78. The Morgan fingerprint density at radius 3 is 2.88 bits per heavy atom. The Morgan fingerprint density at radius 1 is 1.44 bits per heavy atom. The second-order valence-corrected chi connectivity index (χ2v) is 6.66. The number of rotatable bonds is 6. The highest BCUT2D eigenvalue weighted by atomic mass is 19.1. The van der Waals surface area contributed by atoms with E-state index in [0.29, 0.717) is 32.5 Å². The Kier molecular flexibility index (Phi) is 5.43. The number of halogens is 1. The van der Waals surface area contributed by atoms with Crippen molar-refractivity contribution >= 4 is 5.91 Å². The quantitative estimate of drug-likeness (QED) is 0.800. The van der Waals surface area contributed by atoms with Crippen molar-refractivity contribution in [3.8, 4) is 0 Å². The first-order valence-corrected chi connectivity index (χ1v) is 8.44. The first-order valence-electron chi connectivity index (χ1n) is 8.44. The molecule has 1 saturated heterocycles. The lowest BCUT2D eigenvalue weighted by molar-refractivity contribution is -0.129. The average Bonchev–Trinajstić information content (AvgIpc) is 3.14. The summed E-state index contributed by atoms with van der Waals surface area (Å²) < 4.78 is 19.2. The number of likely N-dealkylation sites (N-methyl/N-ethyl adjacent to an activating group) is 1. The van der Waals surface area contributed by atoms with Crippen LogP contribution in [0.25, 0.3) is 0 Å². The van der Waals surface area contributed by atoms with Crippen molar-refractivity contribution < 1.29 is 13.7 Å². The normalized spacial score (nSPS) is 20.8. The summed E-state index contributed by atoms with van der Waals surface area (Å²) in [5.74, 6) is 0.742. The zero-order valence-corrected chi connectivity index (χ0v) is 14.6. The van der Waals surface area contributed by atoms with Crippen LogP contribution in [0.1, 0.15) is 23.4 Å². The summed E-state index contributed by atoms with van der Waals surface area (Å²) >= 11 is 0. The van der Waals surface area contributed by atoms with Gasteiger partial charge in [-0.3, -0.25) is 14.7 Å². The van der Waals surface area contributed by atoms with Gasteiger partial charge in [-0.25, -0.2) is 4.39 Å². The van der Waals surface area contributed by atoms with Crippen molar-refractivity contribution in [2.24, 2.45) is 0 Å². The van der Waals surface area contributed by atoms with Gasteiger partial charge in [0.2, 0.25) is 5.91 Å². The fourth-order valence-corrected chi connectivity index (χ4v) is 3.23. The summed E-state index contributed by atoms with van der Waals surface area (Å²) in [5.41, 5.74) is 1.74. The van der Waals surface area contributed by atoms with Crippen LogP contribution in [0.5, 0.6) is 0 Å². The number of pyridine rings is 1.